The summed E-state index contributed by atoms with van der Waals surface area (Å²) in [6.07, 6.45) is 0.816. The summed E-state index contributed by atoms with van der Waals surface area (Å²) in [5.41, 5.74) is 1.93. The number of nitrogens with zero attached hydrogens (tertiary/aromatic N) is 1. The molecule has 2 rings (SSSR count). The predicted molar refractivity (Wildman–Crippen MR) is 81.0 cm³/mol. The second kappa shape index (κ2) is 7.21. The Hall–Kier alpha value is -2.89. The molecule has 0 unspecified atom stereocenters. The first kappa shape index (κ1) is 15.5. The Bertz CT molecular complexity index is 651. The normalized spacial score (nSPS) is 9.91. The third kappa shape index (κ3) is 4.31. The number of carbonyl (C=O) groups is 2. The summed E-state index contributed by atoms with van der Waals surface area (Å²) in [6, 6.07) is 9.76. The van der Waals surface area contributed by atoms with Crippen molar-refractivity contribution in [3.63, 3.8) is 0 Å². The lowest BCUT2D eigenvalue weighted by Crippen LogP contribution is -2.13. The first-order chi connectivity index (χ1) is 10.6. The van der Waals surface area contributed by atoms with Crippen LogP contribution in [0.5, 0.6) is 5.75 Å². The van der Waals surface area contributed by atoms with Gasteiger partial charge in [-0.1, -0.05) is 0 Å². The number of aryl methyl sites for hydroxylation is 1. The third-order valence-electron chi connectivity index (χ3n) is 2.75. The third-order valence-corrected chi connectivity index (χ3v) is 2.75. The van der Waals surface area contributed by atoms with Gasteiger partial charge in [0.25, 0.3) is 5.91 Å². The van der Waals surface area contributed by atoms with Gasteiger partial charge in [-0.15, -0.1) is 0 Å². The molecule has 0 saturated heterocycles. The molecule has 22 heavy (non-hydrogen) atoms. The maximum absolute atomic E-state index is 12.1. The van der Waals surface area contributed by atoms with Gasteiger partial charge < -0.3 is 14.8 Å². The smallest absolute Gasteiger partial charge is 0.434 e. The number of hydrogen-bond acceptors (Lipinski definition) is 5. The standard InChI is InChI=1S/C16H16N2O4/c1-3-21-16(20)22-14-8-5-12(6-9-14)15(19)18-13-7-4-11(2)17-10-13/h4-10H,3H2,1-2H3,(H,18,19). The van der Waals surface area contributed by atoms with Gasteiger partial charge >= 0.3 is 6.16 Å². The number of ether oxygens (including phenoxy) is 2. The van der Waals surface area contributed by atoms with Crippen molar-refractivity contribution >= 4 is 17.7 Å². The molecule has 6 heteroatoms. The van der Waals surface area contributed by atoms with E-state index in [2.05, 4.69) is 15.0 Å². The summed E-state index contributed by atoms with van der Waals surface area (Å²) < 4.78 is 9.58. The highest BCUT2D eigenvalue weighted by Crippen LogP contribution is 2.14. The van der Waals surface area contributed by atoms with Crippen LogP contribution in [0.3, 0.4) is 0 Å². The Morgan fingerprint density at radius 1 is 1.14 bits per heavy atom. The monoisotopic (exact) mass is 300 g/mol. The molecule has 0 atom stereocenters. The number of rotatable bonds is 4. The highest BCUT2D eigenvalue weighted by Gasteiger charge is 2.08. The Labute approximate surface area is 128 Å². The minimum Gasteiger partial charge on any atom is -0.434 e. The van der Waals surface area contributed by atoms with Gasteiger partial charge in [-0.2, -0.15) is 0 Å². The summed E-state index contributed by atoms with van der Waals surface area (Å²) in [5, 5.41) is 2.73. The molecule has 1 N–H and O–H groups in total. The lowest BCUT2D eigenvalue weighted by Gasteiger charge is -2.07. The summed E-state index contributed by atoms with van der Waals surface area (Å²) in [5.74, 6) is 0.0420. The molecule has 0 aliphatic heterocycles. The quantitative estimate of drug-likeness (QED) is 0.693. The van der Waals surface area contributed by atoms with Crippen LogP contribution in [0.4, 0.5) is 10.5 Å². The van der Waals surface area contributed by atoms with Crippen LogP contribution in [-0.4, -0.2) is 23.7 Å². The maximum atomic E-state index is 12.1. The highest BCUT2D eigenvalue weighted by molar-refractivity contribution is 6.04. The van der Waals surface area contributed by atoms with Crippen molar-refractivity contribution in [1.82, 2.24) is 4.98 Å². The number of pyridine rings is 1. The highest BCUT2D eigenvalue weighted by atomic mass is 16.7. The van der Waals surface area contributed by atoms with E-state index in [1.807, 2.05) is 13.0 Å². The van der Waals surface area contributed by atoms with Gasteiger partial charge in [-0.25, -0.2) is 4.79 Å². The molecule has 0 radical (unpaired) electrons. The summed E-state index contributed by atoms with van der Waals surface area (Å²) >= 11 is 0. The second-order valence-corrected chi connectivity index (χ2v) is 4.45. The number of amides is 1. The molecule has 2 aromatic rings. The first-order valence-corrected chi connectivity index (χ1v) is 6.77. The van der Waals surface area contributed by atoms with Gasteiger partial charge in [0, 0.05) is 11.3 Å². The van der Waals surface area contributed by atoms with E-state index < -0.39 is 6.16 Å². The fraction of sp³-hybridized carbons (Fsp3) is 0.188. The van der Waals surface area contributed by atoms with E-state index in [0.29, 0.717) is 17.0 Å². The first-order valence-electron chi connectivity index (χ1n) is 6.77. The number of anilines is 1. The zero-order chi connectivity index (χ0) is 15.9. The van der Waals surface area contributed by atoms with Crippen molar-refractivity contribution in [2.75, 3.05) is 11.9 Å². The van der Waals surface area contributed by atoms with E-state index >= 15 is 0 Å². The van der Waals surface area contributed by atoms with Crippen LogP contribution in [0.15, 0.2) is 42.6 Å². The van der Waals surface area contributed by atoms with Crippen LogP contribution in [-0.2, 0) is 4.74 Å². The number of carbonyl (C=O) groups excluding carboxylic acids is 2. The van der Waals surface area contributed by atoms with E-state index in [-0.39, 0.29) is 12.5 Å². The van der Waals surface area contributed by atoms with Crippen molar-refractivity contribution < 1.29 is 19.1 Å². The molecule has 1 aromatic carbocycles. The molecule has 0 spiro atoms. The summed E-state index contributed by atoms with van der Waals surface area (Å²) in [4.78, 5) is 27.3. The van der Waals surface area contributed by atoms with Crippen molar-refractivity contribution in [2.24, 2.45) is 0 Å². The molecule has 1 heterocycles. The lowest BCUT2D eigenvalue weighted by atomic mass is 10.2. The zero-order valence-electron chi connectivity index (χ0n) is 12.3. The molecule has 1 amide bonds. The summed E-state index contributed by atoms with van der Waals surface area (Å²) in [7, 11) is 0. The van der Waals surface area contributed by atoms with Gasteiger partial charge in [0.1, 0.15) is 5.75 Å². The van der Waals surface area contributed by atoms with Crippen LogP contribution < -0.4 is 10.1 Å². The fourth-order valence-electron chi connectivity index (χ4n) is 1.66. The Morgan fingerprint density at radius 2 is 1.86 bits per heavy atom. The minimum atomic E-state index is -0.773. The van der Waals surface area contributed by atoms with E-state index in [0.717, 1.165) is 5.69 Å². The fourth-order valence-corrected chi connectivity index (χ4v) is 1.66. The Morgan fingerprint density at radius 3 is 2.45 bits per heavy atom. The van der Waals surface area contributed by atoms with E-state index in [1.54, 1.807) is 31.3 Å². The van der Waals surface area contributed by atoms with Gasteiger partial charge in [0.05, 0.1) is 18.5 Å². The van der Waals surface area contributed by atoms with Gasteiger partial charge in [0.15, 0.2) is 0 Å². The number of aromatic nitrogens is 1. The largest absolute Gasteiger partial charge is 0.513 e. The molecular formula is C16H16N2O4. The van der Waals surface area contributed by atoms with Crippen LogP contribution in [0.2, 0.25) is 0 Å². The van der Waals surface area contributed by atoms with Crippen LogP contribution in [0.25, 0.3) is 0 Å². The second-order valence-electron chi connectivity index (χ2n) is 4.45. The number of hydrogen-bond donors (Lipinski definition) is 1. The number of nitrogens with one attached hydrogen (secondary N) is 1. The van der Waals surface area contributed by atoms with Crippen LogP contribution >= 0.6 is 0 Å². The van der Waals surface area contributed by atoms with Crippen molar-refractivity contribution in [2.45, 2.75) is 13.8 Å². The molecule has 6 nitrogen and oxygen atoms in total. The van der Waals surface area contributed by atoms with Gasteiger partial charge in [0.2, 0.25) is 0 Å². The van der Waals surface area contributed by atoms with Crippen molar-refractivity contribution in [3.8, 4) is 5.75 Å². The van der Waals surface area contributed by atoms with Gasteiger partial charge in [-0.3, -0.25) is 9.78 Å². The van der Waals surface area contributed by atoms with Crippen molar-refractivity contribution in [3.05, 3.63) is 53.9 Å². The molecule has 0 fully saturated rings. The SMILES string of the molecule is CCOC(=O)Oc1ccc(C(=O)Nc2ccc(C)nc2)cc1. The van der Waals surface area contributed by atoms with Gasteiger partial charge in [-0.05, 0) is 50.2 Å². The molecular weight excluding hydrogens is 284 g/mol. The molecule has 0 aliphatic carbocycles. The Balaban J connectivity index is 1.98. The molecule has 1 aromatic heterocycles. The van der Waals surface area contributed by atoms with Crippen molar-refractivity contribution in [1.29, 1.82) is 0 Å². The number of benzene rings is 1. The Kier molecular flexibility index (Phi) is 5.08. The summed E-state index contributed by atoms with van der Waals surface area (Å²) in [6.45, 7) is 3.80. The topological polar surface area (TPSA) is 77.5 Å². The molecule has 0 aliphatic rings. The van der Waals surface area contributed by atoms with Crippen LogP contribution in [0.1, 0.15) is 23.0 Å². The maximum Gasteiger partial charge on any atom is 0.513 e. The molecule has 114 valence electrons. The minimum absolute atomic E-state index is 0.240. The van der Waals surface area contributed by atoms with Crippen LogP contribution in [0, 0.1) is 6.92 Å². The predicted octanol–water partition coefficient (Wildman–Crippen LogP) is 3.18. The zero-order valence-corrected chi connectivity index (χ0v) is 12.3. The molecule has 0 bridgehead atoms. The average molecular weight is 300 g/mol. The van der Waals surface area contributed by atoms with E-state index in [9.17, 15) is 9.59 Å². The van der Waals surface area contributed by atoms with E-state index in [1.165, 1.54) is 12.1 Å². The molecule has 0 saturated carbocycles. The van der Waals surface area contributed by atoms with E-state index in [4.69, 9.17) is 4.74 Å². The average Bonchev–Trinajstić information content (AvgIpc) is 2.50. The lowest BCUT2D eigenvalue weighted by molar-refractivity contribution is 0.102.